The first-order valence-corrected chi connectivity index (χ1v) is 16.8. The fourth-order valence-electron chi connectivity index (χ4n) is 5.09. The zero-order chi connectivity index (χ0) is 31.0. The Morgan fingerprint density at radius 1 is 0.837 bits per heavy atom. The zero-order valence-corrected chi connectivity index (χ0v) is 25.8. The minimum atomic E-state index is -3.35. The summed E-state index contributed by atoms with van der Waals surface area (Å²) in [6.45, 7) is 4.68. The second-order valence-electron chi connectivity index (χ2n) is 10.7. The second kappa shape index (κ2) is 15.1. The van der Waals surface area contributed by atoms with E-state index in [2.05, 4.69) is 9.62 Å². The van der Waals surface area contributed by atoms with Gasteiger partial charge in [0.15, 0.2) is 5.43 Å². The fraction of sp³-hybridized carbons (Fsp3) is 0.500. The number of hydrogen-bond acceptors (Lipinski definition) is 11. The van der Waals surface area contributed by atoms with E-state index in [1.54, 1.807) is 6.07 Å². The molecule has 3 heterocycles. The van der Waals surface area contributed by atoms with E-state index in [9.17, 15) is 33.0 Å². The summed E-state index contributed by atoms with van der Waals surface area (Å²) in [6.07, 6.45) is 1.09. The molecule has 43 heavy (non-hydrogen) atoms. The Morgan fingerprint density at radius 3 is 1.98 bits per heavy atom. The van der Waals surface area contributed by atoms with Crippen molar-refractivity contribution in [3.05, 3.63) is 52.3 Å². The van der Waals surface area contributed by atoms with Crippen molar-refractivity contribution in [2.75, 3.05) is 84.8 Å². The van der Waals surface area contributed by atoms with E-state index in [4.69, 9.17) is 4.98 Å². The van der Waals surface area contributed by atoms with E-state index >= 15 is 0 Å². The lowest BCUT2D eigenvalue weighted by atomic mass is 10.2. The van der Waals surface area contributed by atoms with Gasteiger partial charge in [0.2, 0.25) is 10.0 Å². The molecule has 3 aromatic rings. The minimum Gasteiger partial charge on any atom is -0.480 e. The number of carboxylic acid groups (broad SMARTS) is 2. The number of rotatable bonds is 10. The molecule has 2 aromatic heterocycles. The van der Waals surface area contributed by atoms with Crippen LogP contribution < -0.4 is 10.2 Å². The summed E-state index contributed by atoms with van der Waals surface area (Å²) in [4.78, 5) is 49.6. The topological polar surface area (TPSA) is 164 Å². The van der Waals surface area contributed by atoms with Gasteiger partial charge in [-0.1, -0.05) is 12.1 Å². The van der Waals surface area contributed by atoms with Gasteiger partial charge in [0.1, 0.15) is 4.83 Å². The van der Waals surface area contributed by atoms with Crippen molar-refractivity contribution in [1.82, 2.24) is 29.3 Å². The summed E-state index contributed by atoms with van der Waals surface area (Å²) in [5, 5.41) is 20.3. The number of aromatic nitrogens is 1. The molecule has 0 aliphatic carbocycles. The number of nitrogens with zero attached hydrogens (tertiary/aromatic N) is 5. The Balaban J connectivity index is 1.53. The number of aliphatic carboxylic acids is 2. The second-order valence-corrected chi connectivity index (χ2v) is 13.6. The van der Waals surface area contributed by atoms with Crippen LogP contribution in [0.25, 0.3) is 20.3 Å². The van der Waals surface area contributed by atoms with E-state index in [0.717, 1.165) is 16.6 Å². The number of fused-ring (bicyclic) bond motifs is 2. The highest BCUT2D eigenvalue weighted by molar-refractivity contribution is 7.88. The smallest absolute Gasteiger partial charge is 0.317 e. The summed E-state index contributed by atoms with van der Waals surface area (Å²) in [5.41, 5.74) is 0.717. The molecule has 0 spiro atoms. The van der Waals surface area contributed by atoms with Crippen molar-refractivity contribution in [2.24, 2.45) is 0 Å². The van der Waals surface area contributed by atoms with Crippen LogP contribution in [0.3, 0.4) is 0 Å². The molecule has 0 bridgehead atoms. The molecule has 15 heteroatoms. The molecular weight excluding hydrogens is 596 g/mol. The number of carboxylic acids is 2. The molecule has 1 fully saturated rings. The molecule has 1 aliphatic rings. The summed E-state index contributed by atoms with van der Waals surface area (Å²) in [5.74, 6) is -1.87. The molecule has 1 aromatic carbocycles. The minimum absolute atomic E-state index is 0.0514. The van der Waals surface area contributed by atoms with Gasteiger partial charge in [-0.15, -0.1) is 11.3 Å². The third-order valence-electron chi connectivity index (χ3n) is 7.33. The van der Waals surface area contributed by atoms with Gasteiger partial charge in [0.25, 0.3) is 0 Å². The Morgan fingerprint density at radius 2 is 1.40 bits per heavy atom. The molecule has 234 valence electrons. The van der Waals surface area contributed by atoms with Crippen molar-refractivity contribution >= 4 is 53.6 Å². The van der Waals surface area contributed by atoms with Crippen molar-refractivity contribution < 1.29 is 28.2 Å². The molecule has 0 atom stereocenters. The van der Waals surface area contributed by atoms with Crippen LogP contribution in [0.4, 0.5) is 0 Å². The van der Waals surface area contributed by atoms with Crippen LogP contribution in [0, 0.1) is 0 Å². The average molecular weight is 635 g/mol. The van der Waals surface area contributed by atoms with Crippen LogP contribution in [0.15, 0.2) is 41.2 Å². The van der Waals surface area contributed by atoms with Crippen molar-refractivity contribution in [1.29, 1.82) is 0 Å². The maximum atomic E-state index is 13.0. The summed E-state index contributed by atoms with van der Waals surface area (Å²) in [7, 11) is -3.35. The molecule has 3 N–H and O–H groups in total. The van der Waals surface area contributed by atoms with Gasteiger partial charge in [-0.25, -0.2) is 18.1 Å². The highest BCUT2D eigenvalue weighted by atomic mass is 32.2. The first kappa shape index (κ1) is 32.9. The van der Waals surface area contributed by atoms with E-state index in [1.807, 2.05) is 45.0 Å². The van der Waals surface area contributed by atoms with Crippen LogP contribution in [0.2, 0.25) is 0 Å². The fourth-order valence-corrected chi connectivity index (χ4v) is 6.61. The monoisotopic (exact) mass is 634 g/mol. The SMILES string of the molecule is CS(=O)(=O)NCCN1CCN(CC(=O)O)CCN(Cc2ccc3c(=O)c4ccccc4sc3n2)CCN(CC(=O)O)CC1. The van der Waals surface area contributed by atoms with Gasteiger partial charge in [-0.2, -0.15) is 0 Å². The normalized spacial score (nSPS) is 17.5. The van der Waals surface area contributed by atoms with Gasteiger partial charge in [-0.3, -0.25) is 34.0 Å². The standard InChI is InChI=1S/C28H38N6O7S2/c1-43(40,41)29-8-9-31-10-12-33(19-25(35)36)16-14-32(15-17-34(13-11-31)20-26(37)38)18-21-6-7-23-27(39)22-4-2-3-5-24(22)42-28(23)30-21/h2-7,29H,8-20H2,1H3,(H,35,36)(H,37,38). The zero-order valence-electron chi connectivity index (χ0n) is 24.1. The Bertz CT molecular complexity index is 1570. The van der Waals surface area contributed by atoms with Crippen LogP contribution in [0.5, 0.6) is 0 Å². The van der Waals surface area contributed by atoms with Gasteiger partial charge >= 0.3 is 11.9 Å². The molecule has 0 amide bonds. The van der Waals surface area contributed by atoms with E-state index < -0.39 is 22.0 Å². The first-order valence-electron chi connectivity index (χ1n) is 14.1. The van der Waals surface area contributed by atoms with Crippen LogP contribution >= 0.6 is 11.3 Å². The Kier molecular flexibility index (Phi) is 11.5. The van der Waals surface area contributed by atoms with Gasteiger partial charge in [0, 0.05) is 82.1 Å². The number of sulfonamides is 1. The summed E-state index contributed by atoms with van der Waals surface area (Å²) < 4.78 is 26.4. The quantitative estimate of drug-likeness (QED) is 0.261. The predicted molar refractivity (Wildman–Crippen MR) is 166 cm³/mol. The number of carbonyl (C=O) groups is 2. The number of pyridine rings is 1. The lowest BCUT2D eigenvalue weighted by Crippen LogP contribution is -2.48. The molecule has 4 rings (SSSR count). The molecule has 13 nitrogen and oxygen atoms in total. The lowest BCUT2D eigenvalue weighted by molar-refractivity contribution is -0.139. The van der Waals surface area contributed by atoms with Gasteiger partial charge < -0.3 is 10.2 Å². The first-order chi connectivity index (χ1) is 20.5. The van der Waals surface area contributed by atoms with Gasteiger partial charge in [0.05, 0.1) is 30.4 Å². The number of hydrogen-bond donors (Lipinski definition) is 3. The van der Waals surface area contributed by atoms with Crippen LogP contribution in [-0.2, 0) is 26.2 Å². The number of benzene rings is 1. The summed E-state index contributed by atoms with van der Waals surface area (Å²) in [6, 6.07) is 11.1. The third kappa shape index (κ3) is 10.3. The van der Waals surface area contributed by atoms with Crippen molar-refractivity contribution in [3.8, 4) is 0 Å². The highest BCUT2D eigenvalue weighted by Crippen LogP contribution is 2.23. The highest BCUT2D eigenvalue weighted by Gasteiger charge is 2.20. The Labute approximate surface area is 254 Å². The molecule has 0 unspecified atom stereocenters. The van der Waals surface area contributed by atoms with E-state index in [-0.39, 0.29) is 25.1 Å². The van der Waals surface area contributed by atoms with Gasteiger partial charge in [-0.05, 0) is 24.3 Å². The third-order valence-corrected chi connectivity index (χ3v) is 9.14. The van der Waals surface area contributed by atoms with E-state index in [0.29, 0.717) is 81.1 Å². The maximum absolute atomic E-state index is 13.0. The van der Waals surface area contributed by atoms with E-state index in [1.165, 1.54) is 11.3 Å². The molecule has 1 saturated heterocycles. The summed E-state index contributed by atoms with van der Waals surface area (Å²) >= 11 is 1.46. The Hall–Kier alpha value is -3.05. The average Bonchev–Trinajstić information content (AvgIpc) is 2.93. The van der Waals surface area contributed by atoms with Crippen LogP contribution in [-0.4, -0.2) is 140 Å². The molecular formula is C28H38N6O7S2. The maximum Gasteiger partial charge on any atom is 0.317 e. The molecule has 0 radical (unpaired) electrons. The molecule has 1 aliphatic heterocycles. The number of nitrogens with one attached hydrogen (secondary N) is 1. The lowest BCUT2D eigenvalue weighted by Gasteiger charge is -2.33. The predicted octanol–water partition coefficient (Wildman–Crippen LogP) is 0.250. The largest absolute Gasteiger partial charge is 0.480 e. The van der Waals surface area contributed by atoms with Crippen molar-refractivity contribution in [3.63, 3.8) is 0 Å². The van der Waals surface area contributed by atoms with Crippen LogP contribution in [0.1, 0.15) is 5.69 Å². The van der Waals surface area contributed by atoms with Crippen molar-refractivity contribution in [2.45, 2.75) is 6.54 Å². The molecule has 0 saturated carbocycles.